The van der Waals surface area contributed by atoms with E-state index < -0.39 is 5.54 Å². The minimum Gasteiger partial charge on any atom is -0.362 e. The average Bonchev–Trinajstić information content (AvgIpc) is 2.28. The lowest BCUT2D eigenvalue weighted by atomic mass is 9.87. The standard InChI is InChI=1S/C15H23N5/c1-10(2)7-15(6)13(20-14(3,4)5)18-11(8-16)12(9-17)19-15/h10,19H,7H2,1-6H3,(H,18,20). The fraction of sp³-hybridized carbons (Fsp3) is 0.667. The second-order valence-electron chi connectivity index (χ2n) is 6.78. The van der Waals surface area contributed by atoms with E-state index in [1.54, 1.807) is 0 Å². The van der Waals surface area contributed by atoms with Crippen molar-refractivity contribution in [2.45, 2.75) is 59.0 Å². The first-order valence-corrected chi connectivity index (χ1v) is 6.81. The molecule has 1 heterocycles. The van der Waals surface area contributed by atoms with Gasteiger partial charge in [-0.2, -0.15) is 10.5 Å². The van der Waals surface area contributed by atoms with Crippen LogP contribution in [0.2, 0.25) is 0 Å². The summed E-state index contributed by atoms with van der Waals surface area (Å²) in [4.78, 5) is 4.69. The lowest BCUT2D eigenvalue weighted by Crippen LogP contribution is -2.59. The summed E-state index contributed by atoms with van der Waals surface area (Å²) < 4.78 is 0. The lowest BCUT2D eigenvalue weighted by molar-refractivity contribution is 0.390. The van der Waals surface area contributed by atoms with Crippen LogP contribution in [0.15, 0.2) is 16.4 Å². The van der Waals surface area contributed by atoms with Gasteiger partial charge in [0.25, 0.3) is 0 Å². The molecule has 0 aromatic heterocycles. The van der Waals surface area contributed by atoms with Gasteiger partial charge in [-0.15, -0.1) is 0 Å². The molecule has 1 aliphatic rings. The highest BCUT2D eigenvalue weighted by atomic mass is 15.2. The molecule has 1 rings (SSSR count). The van der Waals surface area contributed by atoms with Gasteiger partial charge in [-0.3, -0.25) is 4.99 Å². The Hall–Kier alpha value is -2.01. The number of allylic oxidation sites excluding steroid dienone is 2. The van der Waals surface area contributed by atoms with Gasteiger partial charge in [0.05, 0.1) is 11.1 Å². The van der Waals surface area contributed by atoms with Gasteiger partial charge in [-0.25, -0.2) is 0 Å². The molecule has 1 atom stereocenters. The zero-order chi connectivity index (χ0) is 15.6. The summed E-state index contributed by atoms with van der Waals surface area (Å²) in [5, 5.41) is 24.5. The van der Waals surface area contributed by atoms with Gasteiger partial charge >= 0.3 is 0 Å². The fourth-order valence-electron chi connectivity index (χ4n) is 2.34. The van der Waals surface area contributed by atoms with Crippen LogP contribution in [-0.4, -0.2) is 16.9 Å². The minimum atomic E-state index is -0.465. The van der Waals surface area contributed by atoms with Gasteiger partial charge in [0.1, 0.15) is 23.7 Å². The summed E-state index contributed by atoms with van der Waals surface area (Å²) in [6, 6.07) is 4.06. The molecule has 5 nitrogen and oxygen atoms in total. The number of nitrogens with one attached hydrogen (secondary N) is 2. The molecule has 5 heteroatoms. The number of nitriles is 2. The summed E-state index contributed by atoms with van der Waals surface area (Å²) in [5.74, 6) is 1.15. The van der Waals surface area contributed by atoms with Crippen molar-refractivity contribution >= 4 is 5.84 Å². The van der Waals surface area contributed by atoms with Crippen molar-refractivity contribution in [1.29, 1.82) is 10.5 Å². The first-order valence-electron chi connectivity index (χ1n) is 6.81. The van der Waals surface area contributed by atoms with E-state index in [2.05, 4.69) is 29.5 Å². The monoisotopic (exact) mass is 273 g/mol. The van der Waals surface area contributed by atoms with Crippen molar-refractivity contribution in [2.24, 2.45) is 10.9 Å². The maximum absolute atomic E-state index is 9.18. The zero-order valence-electron chi connectivity index (χ0n) is 13.1. The van der Waals surface area contributed by atoms with E-state index in [4.69, 9.17) is 5.26 Å². The average molecular weight is 273 g/mol. The molecule has 0 amide bonds. The molecule has 0 aromatic carbocycles. The van der Waals surface area contributed by atoms with Crippen LogP contribution < -0.4 is 10.6 Å². The topological polar surface area (TPSA) is 84.0 Å². The molecule has 0 fully saturated rings. The first-order chi connectivity index (χ1) is 9.11. The Balaban J connectivity index is 3.33. The number of hydrogen-bond donors (Lipinski definition) is 2. The van der Waals surface area contributed by atoms with Crippen LogP contribution in [0.25, 0.3) is 0 Å². The number of amidine groups is 1. The first kappa shape index (κ1) is 16.0. The van der Waals surface area contributed by atoms with Gasteiger partial charge in [0.15, 0.2) is 5.70 Å². The van der Waals surface area contributed by atoms with E-state index in [-0.39, 0.29) is 16.9 Å². The van der Waals surface area contributed by atoms with E-state index in [0.29, 0.717) is 11.8 Å². The van der Waals surface area contributed by atoms with Crippen LogP contribution in [-0.2, 0) is 0 Å². The molecule has 0 bridgehead atoms. The predicted octanol–water partition coefficient (Wildman–Crippen LogP) is 2.44. The Kier molecular flexibility index (Phi) is 4.45. The zero-order valence-corrected chi connectivity index (χ0v) is 13.1. The van der Waals surface area contributed by atoms with Crippen LogP contribution >= 0.6 is 0 Å². The van der Waals surface area contributed by atoms with E-state index in [0.717, 1.165) is 6.42 Å². The number of hydrogen-bond acceptors (Lipinski definition) is 4. The molecule has 20 heavy (non-hydrogen) atoms. The van der Waals surface area contributed by atoms with Crippen molar-refractivity contribution in [1.82, 2.24) is 10.6 Å². The Bertz CT molecular complexity index is 522. The molecule has 1 aliphatic heterocycles. The molecule has 0 aromatic rings. The van der Waals surface area contributed by atoms with E-state index in [1.165, 1.54) is 0 Å². The van der Waals surface area contributed by atoms with Crippen LogP contribution in [0, 0.1) is 28.6 Å². The maximum Gasteiger partial charge on any atom is 0.153 e. The second kappa shape index (κ2) is 5.54. The third-order valence-electron chi connectivity index (χ3n) is 2.90. The maximum atomic E-state index is 9.18. The third-order valence-corrected chi connectivity index (χ3v) is 2.90. The molecule has 0 aliphatic carbocycles. The minimum absolute atomic E-state index is 0.233. The van der Waals surface area contributed by atoms with Crippen molar-refractivity contribution < 1.29 is 0 Å². The Labute approximate surface area is 121 Å². The highest BCUT2D eigenvalue weighted by Crippen LogP contribution is 2.25. The lowest BCUT2D eigenvalue weighted by Gasteiger charge is -2.39. The molecule has 0 spiro atoms. The molecule has 2 N–H and O–H groups in total. The second-order valence-corrected chi connectivity index (χ2v) is 6.78. The highest BCUT2D eigenvalue weighted by Gasteiger charge is 2.38. The predicted molar refractivity (Wildman–Crippen MR) is 79.6 cm³/mol. The molecular weight excluding hydrogens is 250 g/mol. The van der Waals surface area contributed by atoms with Crippen LogP contribution in [0.3, 0.4) is 0 Å². The summed E-state index contributed by atoms with van der Waals surface area (Å²) >= 11 is 0. The summed E-state index contributed by atoms with van der Waals surface area (Å²) in [5.41, 5.74) is -0.208. The summed E-state index contributed by atoms with van der Waals surface area (Å²) in [6.45, 7) is 12.3. The van der Waals surface area contributed by atoms with Gasteiger partial charge in [0, 0.05) is 0 Å². The van der Waals surface area contributed by atoms with E-state index in [1.807, 2.05) is 39.8 Å². The van der Waals surface area contributed by atoms with Crippen molar-refractivity contribution in [3.8, 4) is 12.1 Å². The van der Waals surface area contributed by atoms with Gasteiger partial charge in [0.2, 0.25) is 0 Å². The molecule has 1 unspecified atom stereocenters. The largest absolute Gasteiger partial charge is 0.362 e. The molecule has 0 radical (unpaired) electrons. The summed E-state index contributed by atoms with van der Waals surface area (Å²) in [6.07, 6.45) is 0.818. The molecule has 0 saturated heterocycles. The quantitative estimate of drug-likeness (QED) is 0.809. The van der Waals surface area contributed by atoms with Crippen molar-refractivity contribution in [3.05, 3.63) is 11.4 Å². The van der Waals surface area contributed by atoms with Crippen molar-refractivity contribution in [3.63, 3.8) is 0 Å². The Morgan fingerprint density at radius 2 is 1.75 bits per heavy atom. The fourth-order valence-corrected chi connectivity index (χ4v) is 2.34. The third kappa shape index (κ3) is 3.74. The SMILES string of the molecule is CC(C)CC1(C)NC(C#N)=C(C#N)NC1=NC(C)(C)C. The van der Waals surface area contributed by atoms with Crippen molar-refractivity contribution in [2.75, 3.05) is 0 Å². The molecule has 108 valence electrons. The van der Waals surface area contributed by atoms with E-state index in [9.17, 15) is 5.26 Å². The van der Waals surface area contributed by atoms with Gasteiger partial charge in [-0.05, 0) is 40.0 Å². The number of rotatable bonds is 2. The highest BCUT2D eigenvalue weighted by molar-refractivity contribution is 5.95. The van der Waals surface area contributed by atoms with Gasteiger partial charge in [-0.1, -0.05) is 13.8 Å². The van der Waals surface area contributed by atoms with Gasteiger partial charge < -0.3 is 10.6 Å². The smallest absolute Gasteiger partial charge is 0.153 e. The number of nitrogens with zero attached hydrogens (tertiary/aromatic N) is 3. The number of aliphatic imine (C=N–C) groups is 1. The Morgan fingerprint density at radius 1 is 1.20 bits per heavy atom. The normalized spacial score (nSPS) is 24.9. The van der Waals surface area contributed by atoms with E-state index >= 15 is 0 Å². The molecule has 0 saturated carbocycles. The summed E-state index contributed by atoms with van der Waals surface area (Å²) in [7, 11) is 0. The molecular formula is C15H23N5. The van der Waals surface area contributed by atoms with Crippen LogP contribution in [0.4, 0.5) is 0 Å². The Morgan fingerprint density at radius 3 is 2.15 bits per heavy atom. The van der Waals surface area contributed by atoms with Crippen LogP contribution in [0.5, 0.6) is 0 Å². The van der Waals surface area contributed by atoms with Crippen LogP contribution in [0.1, 0.15) is 48.0 Å².